The largest absolute Gasteiger partial charge is 0.507 e. The normalized spacial score (nSPS) is 15.2. The number of aliphatic hydroxyl groups is 2. The lowest BCUT2D eigenvalue weighted by Gasteiger charge is -2.37. The number of aromatic nitrogens is 4. The number of carbonyl (C=O) groups excluding carboxylic acids is 2. The number of hydrogen-bond acceptors (Lipinski definition) is 12. The third kappa shape index (κ3) is 11.4. The van der Waals surface area contributed by atoms with Gasteiger partial charge in [0.05, 0.1) is 29.3 Å². The fourth-order valence-corrected chi connectivity index (χ4v) is 8.50. The number of nitrogens with zero attached hydrogens (tertiary/aromatic N) is 8. The van der Waals surface area contributed by atoms with Gasteiger partial charge in [-0.15, -0.1) is 0 Å². The maximum Gasteiger partial charge on any atom is 0.251 e. The zero-order chi connectivity index (χ0) is 48.1. The second kappa shape index (κ2) is 21.0. The maximum absolute atomic E-state index is 14.1. The van der Waals surface area contributed by atoms with Crippen molar-refractivity contribution in [3.8, 4) is 34.3 Å². The first-order chi connectivity index (χ1) is 32.0. The average Bonchev–Trinajstić information content (AvgIpc) is 3.30. The van der Waals surface area contributed by atoms with Gasteiger partial charge in [0.2, 0.25) is 0 Å². The number of amides is 2. The second-order valence-corrected chi connectivity index (χ2v) is 18.2. The Labute approximate surface area is 389 Å². The SMILES string of the molecule is COc1ccc(F)cc1-c1nc(N2CCN(C(=O)[C@H](O)CC(C)C)CC2)c2ccc(C)cc2n1.Cc1ccc2c(N3CCN(C(=O)[C@H](O)CC(C)C)CC3)nc(-c3cc(F)ccc3O)nc2c1. The summed E-state index contributed by atoms with van der Waals surface area (Å²) < 4.78 is 33.4. The average molecular weight is 919 g/mol. The van der Waals surface area contributed by atoms with Gasteiger partial charge in [0.1, 0.15) is 47.0 Å². The number of piperazine rings is 2. The molecule has 2 aliphatic heterocycles. The van der Waals surface area contributed by atoms with Gasteiger partial charge in [-0.25, -0.2) is 28.7 Å². The molecule has 2 aliphatic rings. The molecule has 3 N–H and O–H groups in total. The van der Waals surface area contributed by atoms with E-state index < -0.39 is 23.8 Å². The third-order valence-electron chi connectivity index (χ3n) is 12.0. The highest BCUT2D eigenvalue weighted by Crippen LogP contribution is 2.35. The number of phenolic OH excluding ortho intramolecular Hbond substituents is 1. The molecule has 14 nitrogen and oxygen atoms in total. The molecule has 0 unspecified atom stereocenters. The lowest BCUT2D eigenvalue weighted by atomic mass is 10.0. The van der Waals surface area contributed by atoms with Crippen LogP contribution in [0.5, 0.6) is 11.5 Å². The zero-order valence-corrected chi connectivity index (χ0v) is 39.2. The van der Waals surface area contributed by atoms with Gasteiger partial charge < -0.3 is 39.7 Å². The number of phenols is 1. The molecule has 354 valence electrons. The second-order valence-electron chi connectivity index (χ2n) is 18.2. The Bertz CT molecular complexity index is 2740. The number of methoxy groups -OCH3 is 1. The van der Waals surface area contributed by atoms with Crippen LogP contribution in [0.3, 0.4) is 0 Å². The van der Waals surface area contributed by atoms with E-state index in [1.807, 2.05) is 77.9 Å². The maximum atomic E-state index is 14.1. The van der Waals surface area contributed by atoms with Crippen LogP contribution in [0.25, 0.3) is 44.6 Å². The van der Waals surface area contributed by atoms with Crippen LogP contribution in [0.1, 0.15) is 51.7 Å². The molecular formula is C51H60F2N8O6. The summed E-state index contributed by atoms with van der Waals surface area (Å²) in [5.41, 5.74) is 4.25. The lowest BCUT2D eigenvalue weighted by Crippen LogP contribution is -2.52. The number of rotatable bonds is 11. The van der Waals surface area contributed by atoms with Crippen LogP contribution in [0.2, 0.25) is 0 Å². The number of aliphatic hydroxyl groups excluding tert-OH is 2. The van der Waals surface area contributed by atoms with Gasteiger partial charge in [-0.2, -0.15) is 0 Å². The molecule has 0 aliphatic carbocycles. The molecule has 2 fully saturated rings. The van der Waals surface area contributed by atoms with Crippen LogP contribution in [-0.2, 0) is 9.59 Å². The minimum atomic E-state index is -0.984. The number of aromatic hydroxyl groups is 1. The van der Waals surface area contributed by atoms with Crippen molar-refractivity contribution in [2.24, 2.45) is 11.8 Å². The Hall–Kier alpha value is -6.52. The molecular weight excluding hydrogens is 859 g/mol. The van der Waals surface area contributed by atoms with Crippen molar-refractivity contribution in [3.05, 3.63) is 95.6 Å². The van der Waals surface area contributed by atoms with E-state index in [1.54, 1.807) is 15.9 Å². The summed E-state index contributed by atoms with van der Waals surface area (Å²) in [6, 6.07) is 19.9. The lowest BCUT2D eigenvalue weighted by molar-refractivity contribution is -0.141. The summed E-state index contributed by atoms with van der Waals surface area (Å²) in [5.74, 6) is 1.59. The van der Waals surface area contributed by atoms with Gasteiger partial charge in [-0.3, -0.25) is 9.59 Å². The third-order valence-corrected chi connectivity index (χ3v) is 12.0. The van der Waals surface area contributed by atoms with Gasteiger partial charge in [-0.05, 0) is 110 Å². The number of ether oxygens (including phenoxy) is 1. The molecule has 8 rings (SSSR count). The van der Waals surface area contributed by atoms with E-state index in [-0.39, 0.29) is 40.8 Å². The molecule has 0 bridgehead atoms. The first-order valence-electron chi connectivity index (χ1n) is 22.8. The summed E-state index contributed by atoms with van der Waals surface area (Å²) in [7, 11) is 1.53. The highest BCUT2D eigenvalue weighted by molar-refractivity contribution is 5.93. The van der Waals surface area contributed by atoms with Crippen LogP contribution in [-0.4, -0.2) is 129 Å². The Morgan fingerprint density at radius 2 is 1.01 bits per heavy atom. The molecule has 0 saturated carbocycles. The van der Waals surface area contributed by atoms with Crippen molar-refractivity contribution in [1.82, 2.24) is 29.7 Å². The number of halogens is 2. The molecule has 2 amide bonds. The van der Waals surface area contributed by atoms with Crippen molar-refractivity contribution in [2.45, 2.75) is 66.6 Å². The summed E-state index contributed by atoms with van der Waals surface area (Å²) >= 11 is 0. The van der Waals surface area contributed by atoms with E-state index >= 15 is 0 Å². The van der Waals surface area contributed by atoms with Gasteiger partial charge in [0.15, 0.2) is 11.6 Å². The first kappa shape index (κ1) is 48.4. The summed E-state index contributed by atoms with van der Waals surface area (Å²) in [6.07, 6.45) is -1.06. The van der Waals surface area contributed by atoms with Crippen molar-refractivity contribution < 1.29 is 38.4 Å². The summed E-state index contributed by atoms with van der Waals surface area (Å²) in [4.78, 5) is 51.7. The standard InChI is InChI=1S/C26H31FN4O3.C25H29FN4O3/c1-16(2)13-22(32)26(33)31-11-9-30(10-12-31)25-19-7-5-17(3)14-21(19)28-24(29-25)20-15-18(27)6-8-23(20)34-4;1-15(2)12-22(32)25(33)30-10-8-29(9-11-30)24-18-6-4-16(3)13-20(18)27-23(28-24)19-14-17(26)5-7-21(19)31/h5-8,14-16,22,32H,9-13H2,1-4H3;4-7,13-15,22,31-32H,8-12H2,1-3H3/t2*22-/m11/s1. The highest BCUT2D eigenvalue weighted by atomic mass is 19.1. The molecule has 6 aromatic rings. The van der Waals surface area contributed by atoms with Crippen molar-refractivity contribution >= 4 is 45.3 Å². The fraction of sp³-hybridized carbons (Fsp3) is 0.412. The highest BCUT2D eigenvalue weighted by Gasteiger charge is 2.30. The van der Waals surface area contributed by atoms with Crippen molar-refractivity contribution in [3.63, 3.8) is 0 Å². The van der Waals surface area contributed by atoms with Crippen LogP contribution in [0.15, 0.2) is 72.8 Å². The van der Waals surface area contributed by atoms with E-state index in [9.17, 15) is 33.7 Å². The minimum absolute atomic E-state index is 0.0936. The van der Waals surface area contributed by atoms with E-state index in [0.29, 0.717) is 93.7 Å². The van der Waals surface area contributed by atoms with Crippen molar-refractivity contribution in [2.75, 3.05) is 69.3 Å². The molecule has 0 radical (unpaired) electrons. The Morgan fingerprint density at radius 1 is 0.597 bits per heavy atom. The van der Waals surface area contributed by atoms with Gasteiger partial charge in [0.25, 0.3) is 11.8 Å². The topological polar surface area (TPSA) is 169 Å². The number of benzene rings is 4. The number of fused-ring (bicyclic) bond motifs is 2. The smallest absolute Gasteiger partial charge is 0.251 e. The van der Waals surface area contributed by atoms with E-state index in [2.05, 4.69) is 14.8 Å². The Kier molecular flexibility index (Phi) is 15.2. The first-order valence-corrected chi connectivity index (χ1v) is 22.8. The van der Waals surface area contributed by atoms with Crippen molar-refractivity contribution in [1.29, 1.82) is 0 Å². The molecule has 4 aromatic carbocycles. The van der Waals surface area contributed by atoms with E-state index in [1.165, 1.54) is 37.4 Å². The van der Waals surface area contributed by atoms with Crippen LogP contribution in [0.4, 0.5) is 20.4 Å². The van der Waals surface area contributed by atoms with Gasteiger partial charge in [-0.1, -0.05) is 39.8 Å². The molecule has 0 spiro atoms. The molecule has 2 aromatic heterocycles. The molecule has 2 atom stereocenters. The number of carbonyl (C=O) groups is 2. The number of hydrogen-bond donors (Lipinski definition) is 3. The molecule has 16 heteroatoms. The minimum Gasteiger partial charge on any atom is -0.507 e. The summed E-state index contributed by atoms with van der Waals surface area (Å²) in [6.45, 7) is 16.0. The number of aryl methyl sites for hydroxylation is 2. The predicted molar refractivity (Wildman–Crippen MR) is 256 cm³/mol. The van der Waals surface area contributed by atoms with E-state index in [0.717, 1.165) is 33.2 Å². The Balaban J connectivity index is 0.000000199. The Morgan fingerprint density at radius 3 is 1.45 bits per heavy atom. The molecule has 4 heterocycles. The zero-order valence-electron chi connectivity index (χ0n) is 39.2. The predicted octanol–water partition coefficient (Wildman–Crippen LogP) is 7.31. The van der Waals surface area contributed by atoms with Crippen LogP contribution in [0, 0.1) is 37.3 Å². The van der Waals surface area contributed by atoms with E-state index in [4.69, 9.17) is 19.7 Å². The fourth-order valence-electron chi connectivity index (χ4n) is 8.50. The summed E-state index contributed by atoms with van der Waals surface area (Å²) in [5, 5.41) is 32.5. The number of anilines is 2. The monoisotopic (exact) mass is 918 g/mol. The van der Waals surface area contributed by atoms with Gasteiger partial charge >= 0.3 is 0 Å². The van der Waals surface area contributed by atoms with Crippen LogP contribution < -0.4 is 14.5 Å². The van der Waals surface area contributed by atoms with Crippen LogP contribution >= 0.6 is 0 Å². The molecule has 2 saturated heterocycles. The quantitative estimate of drug-likeness (QED) is 0.119. The van der Waals surface area contributed by atoms with Gasteiger partial charge in [0, 0.05) is 63.1 Å². The molecule has 67 heavy (non-hydrogen) atoms.